The molecule has 1 aromatic heterocycles. The van der Waals surface area contributed by atoms with E-state index >= 15 is 0 Å². The molecule has 0 bridgehead atoms. The molecule has 2 unspecified atom stereocenters. The van der Waals surface area contributed by atoms with Crippen LogP contribution in [0.15, 0.2) is 18.3 Å². The topological polar surface area (TPSA) is 42.1 Å². The smallest absolute Gasteiger partial charge is 0.141 e. The molecule has 3 nitrogen and oxygen atoms in total. The van der Waals surface area contributed by atoms with E-state index in [2.05, 4.69) is 16.8 Å². The molecule has 1 aliphatic rings. The molecule has 1 aromatic rings. The molecule has 1 saturated heterocycles. The molecule has 2 heterocycles. The quantitative estimate of drug-likeness (QED) is 0.910. The molecule has 1 aliphatic heterocycles. The highest BCUT2D eigenvalue weighted by Gasteiger charge is 2.20. The number of pyridine rings is 1. The lowest BCUT2D eigenvalue weighted by Gasteiger charge is -2.27. The summed E-state index contributed by atoms with van der Waals surface area (Å²) in [6.45, 7) is 5.50. The van der Waals surface area contributed by atoms with Gasteiger partial charge < -0.3 is 10.6 Å². The number of hydrogen-bond acceptors (Lipinski definition) is 3. The number of likely N-dealkylation sites (tertiary alicyclic amines) is 1. The van der Waals surface area contributed by atoms with Gasteiger partial charge in [-0.25, -0.2) is 4.39 Å². The third kappa shape index (κ3) is 4.25. The molecule has 0 radical (unpaired) electrons. The van der Waals surface area contributed by atoms with Gasteiger partial charge in [0.1, 0.15) is 5.82 Å². The Morgan fingerprint density at radius 1 is 1.26 bits per heavy atom. The van der Waals surface area contributed by atoms with Gasteiger partial charge in [0.2, 0.25) is 0 Å². The van der Waals surface area contributed by atoms with E-state index in [-0.39, 0.29) is 11.9 Å². The lowest BCUT2D eigenvalue weighted by molar-refractivity contribution is 0.228. The second-order valence-corrected chi connectivity index (χ2v) is 5.62. The minimum Gasteiger partial charge on any atom is -0.322 e. The van der Waals surface area contributed by atoms with Gasteiger partial charge in [-0.3, -0.25) is 4.98 Å². The van der Waals surface area contributed by atoms with Crippen LogP contribution < -0.4 is 5.73 Å². The van der Waals surface area contributed by atoms with Crippen molar-refractivity contribution in [3.63, 3.8) is 0 Å². The Labute approximate surface area is 115 Å². The summed E-state index contributed by atoms with van der Waals surface area (Å²) in [6.07, 6.45) is 6.51. The second kappa shape index (κ2) is 6.96. The van der Waals surface area contributed by atoms with Crippen molar-refractivity contribution >= 4 is 0 Å². The Morgan fingerprint density at radius 3 is 2.53 bits per heavy atom. The molecule has 0 spiro atoms. The maximum absolute atomic E-state index is 12.9. The van der Waals surface area contributed by atoms with Crippen molar-refractivity contribution in [2.24, 2.45) is 11.7 Å². The highest BCUT2D eigenvalue weighted by atomic mass is 19.1. The van der Waals surface area contributed by atoms with Crippen LogP contribution in [0.25, 0.3) is 0 Å². The molecule has 1 fully saturated rings. The lowest BCUT2D eigenvalue weighted by Crippen LogP contribution is -2.34. The summed E-state index contributed by atoms with van der Waals surface area (Å²) in [6, 6.07) is 3.00. The molecule has 19 heavy (non-hydrogen) atoms. The minimum atomic E-state index is -0.309. The number of aromatic nitrogens is 1. The maximum Gasteiger partial charge on any atom is 0.141 e. The normalized spacial score (nSPS) is 20.8. The fraction of sp³-hybridized carbons (Fsp3) is 0.667. The Bertz CT molecular complexity index is 371. The van der Waals surface area contributed by atoms with Gasteiger partial charge in [0.05, 0.1) is 17.9 Å². The van der Waals surface area contributed by atoms with Crippen LogP contribution in [0.3, 0.4) is 0 Å². The van der Waals surface area contributed by atoms with Crippen molar-refractivity contribution in [3.05, 3.63) is 29.8 Å². The van der Waals surface area contributed by atoms with Crippen molar-refractivity contribution in [1.29, 1.82) is 0 Å². The van der Waals surface area contributed by atoms with E-state index in [1.165, 1.54) is 51.0 Å². The first-order valence-electron chi connectivity index (χ1n) is 7.26. The average Bonchev–Trinajstić information content (AvgIpc) is 2.67. The number of halogens is 1. The van der Waals surface area contributed by atoms with E-state index in [9.17, 15) is 4.39 Å². The summed E-state index contributed by atoms with van der Waals surface area (Å²) in [7, 11) is 0. The largest absolute Gasteiger partial charge is 0.322 e. The van der Waals surface area contributed by atoms with Gasteiger partial charge in [-0.1, -0.05) is 19.8 Å². The standard InChI is InChI=1S/C15H24FN3/c1-12(11-19-8-4-2-3-5-9-19)15(17)14-7-6-13(16)10-18-14/h6-7,10,12,15H,2-5,8-9,11,17H2,1H3. The predicted molar refractivity (Wildman–Crippen MR) is 75.2 cm³/mol. The zero-order chi connectivity index (χ0) is 13.7. The monoisotopic (exact) mass is 265 g/mol. The predicted octanol–water partition coefficient (Wildman–Crippen LogP) is 2.73. The fourth-order valence-corrected chi connectivity index (χ4v) is 2.72. The third-order valence-electron chi connectivity index (χ3n) is 3.95. The van der Waals surface area contributed by atoms with Crippen molar-refractivity contribution in [2.45, 2.75) is 38.6 Å². The van der Waals surface area contributed by atoms with Crippen molar-refractivity contribution < 1.29 is 4.39 Å². The molecule has 0 aromatic carbocycles. The van der Waals surface area contributed by atoms with Gasteiger partial charge in [0, 0.05) is 6.54 Å². The van der Waals surface area contributed by atoms with E-state index in [4.69, 9.17) is 5.73 Å². The SMILES string of the molecule is CC(CN1CCCCCC1)C(N)c1ccc(F)cn1. The summed E-state index contributed by atoms with van der Waals surface area (Å²) in [5.74, 6) is 0.0205. The summed E-state index contributed by atoms with van der Waals surface area (Å²) in [5.41, 5.74) is 7.01. The molecule has 2 N–H and O–H groups in total. The summed E-state index contributed by atoms with van der Waals surface area (Å²) in [4.78, 5) is 6.59. The number of rotatable bonds is 4. The van der Waals surface area contributed by atoms with E-state index < -0.39 is 0 Å². The van der Waals surface area contributed by atoms with Crippen LogP contribution in [-0.2, 0) is 0 Å². The van der Waals surface area contributed by atoms with Gasteiger partial charge >= 0.3 is 0 Å². The molecule has 2 atom stereocenters. The lowest BCUT2D eigenvalue weighted by atomic mass is 9.98. The molecule has 0 aliphatic carbocycles. The zero-order valence-corrected chi connectivity index (χ0v) is 11.7. The van der Waals surface area contributed by atoms with Crippen LogP contribution in [0.5, 0.6) is 0 Å². The van der Waals surface area contributed by atoms with E-state index in [0.29, 0.717) is 5.92 Å². The van der Waals surface area contributed by atoms with Gasteiger partial charge in [0.25, 0.3) is 0 Å². The van der Waals surface area contributed by atoms with Crippen LogP contribution in [0, 0.1) is 11.7 Å². The zero-order valence-electron chi connectivity index (χ0n) is 11.7. The van der Waals surface area contributed by atoms with Crippen LogP contribution in [0.2, 0.25) is 0 Å². The molecular formula is C15H24FN3. The van der Waals surface area contributed by atoms with Crippen LogP contribution in [0.1, 0.15) is 44.3 Å². The highest BCUT2D eigenvalue weighted by Crippen LogP contribution is 2.20. The van der Waals surface area contributed by atoms with Crippen LogP contribution in [0.4, 0.5) is 4.39 Å². The Morgan fingerprint density at radius 2 is 1.95 bits per heavy atom. The minimum absolute atomic E-state index is 0.121. The maximum atomic E-state index is 12.9. The van der Waals surface area contributed by atoms with Gasteiger partial charge in [-0.15, -0.1) is 0 Å². The average molecular weight is 265 g/mol. The molecule has 106 valence electrons. The third-order valence-corrected chi connectivity index (χ3v) is 3.95. The molecule has 2 rings (SSSR count). The Kier molecular flexibility index (Phi) is 5.28. The van der Waals surface area contributed by atoms with Gasteiger partial charge in [-0.2, -0.15) is 0 Å². The second-order valence-electron chi connectivity index (χ2n) is 5.62. The summed E-state index contributed by atoms with van der Waals surface area (Å²) in [5, 5.41) is 0. The van der Waals surface area contributed by atoms with Gasteiger partial charge in [0.15, 0.2) is 0 Å². The van der Waals surface area contributed by atoms with Crippen molar-refractivity contribution in [2.75, 3.05) is 19.6 Å². The Balaban J connectivity index is 1.90. The number of hydrogen-bond donors (Lipinski definition) is 1. The van der Waals surface area contributed by atoms with Crippen molar-refractivity contribution in [3.8, 4) is 0 Å². The number of nitrogens with zero attached hydrogens (tertiary/aromatic N) is 2. The van der Waals surface area contributed by atoms with E-state index in [1.807, 2.05) is 0 Å². The first-order valence-corrected chi connectivity index (χ1v) is 7.26. The number of nitrogens with two attached hydrogens (primary N) is 1. The highest BCUT2D eigenvalue weighted by molar-refractivity contribution is 5.10. The van der Waals surface area contributed by atoms with E-state index in [0.717, 1.165) is 12.2 Å². The summed E-state index contributed by atoms with van der Waals surface area (Å²) >= 11 is 0. The Hall–Kier alpha value is -1.00. The first kappa shape index (κ1) is 14.4. The molecule has 0 saturated carbocycles. The summed E-state index contributed by atoms with van der Waals surface area (Å²) < 4.78 is 12.9. The van der Waals surface area contributed by atoms with Gasteiger partial charge in [-0.05, 0) is 44.0 Å². The fourth-order valence-electron chi connectivity index (χ4n) is 2.72. The van der Waals surface area contributed by atoms with E-state index in [1.54, 1.807) is 6.07 Å². The molecular weight excluding hydrogens is 241 g/mol. The van der Waals surface area contributed by atoms with Crippen LogP contribution in [-0.4, -0.2) is 29.5 Å². The molecule has 0 amide bonds. The first-order chi connectivity index (χ1) is 9.16. The molecule has 4 heteroatoms. The van der Waals surface area contributed by atoms with Crippen LogP contribution >= 0.6 is 0 Å². The van der Waals surface area contributed by atoms with Crippen molar-refractivity contribution in [1.82, 2.24) is 9.88 Å².